The van der Waals surface area contributed by atoms with Crippen molar-refractivity contribution in [3.63, 3.8) is 0 Å². The van der Waals surface area contributed by atoms with Gasteiger partial charge in [-0.25, -0.2) is 0 Å². The van der Waals surface area contributed by atoms with Crippen LogP contribution in [0.2, 0.25) is 0 Å². The first kappa shape index (κ1) is 14.0. The number of fused-ring (bicyclic) bond motifs is 1. The Balaban J connectivity index is 1.79. The van der Waals surface area contributed by atoms with E-state index in [0.29, 0.717) is 0 Å². The number of hydrogen-bond acceptors (Lipinski definition) is 3. The number of ether oxygens (including phenoxy) is 2. The van der Waals surface area contributed by atoms with Crippen LogP contribution in [-0.2, 0) is 12.8 Å². The number of rotatable bonds is 4. The fourth-order valence-electron chi connectivity index (χ4n) is 3.15. The quantitative estimate of drug-likeness (QED) is 0.937. The lowest BCUT2D eigenvalue weighted by Crippen LogP contribution is -2.10. The molecule has 3 heteroatoms. The molecule has 0 aliphatic heterocycles. The molecule has 2 atom stereocenters. The predicted molar refractivity (Wildman–Crippen MR) is 81.8 cm³/mol. The van der Waals surface area contributed by atoms with E-state index in [-0.39, 0.29) is 12.0 Å². The van der Waals surface area contributed by atoms with Crippen LogP contribution in [0.25, 0.3) is 0 Å². The Morgan fingerprint density at radius 3 is 2.52 bits per heavy atom. The van der Waals surface area contributed by atoms with E-state index in [4.69, 9.17) is 9.47 Å². The van der Waals surface area contributed by atoms with E-state index in [9.17, 15) is 5.11 Å². The van der Waals surface area contributed by atoms with Crippen LogP contribution in [-0.4, -0.2) is 19.3 Å². The molecular weight excluding hydrogens is 264 g/mol. The van der Waals surface area contributed by atoms with Crippen LogP contribution < -0.4 is 9.47 Å². The minimum absolute atomic E-state index is 0.223. The summed E-state index contributed by atoms with van der Waals surface area (Å²) in [4.78, 5) is 0. The molecule has 0 aromatic heterocycles. The standard InChI is InChI=1S/C18H20O3/c1-20-16-8-7-12(10-17(16)21-2)9-14-11-13-5-3-4-6-15(13)18(14)19/h3-8,10,14,18-19H,9,11H2,1-2H3. The lowest BCUT2D eigenvalue weighted by Gasteiger charge is -2.16. The Morgan fingerprint density at radius 1 is 1.05 bits per heavy atom. The second kappa shape index (κ2) is 5.78. The number of methoxy groups -OCH3 is 2. The smallest absolute Gasteiger partial charge is 0.160 e. The molecule has 2 aromatic carbocycles. The van der Waals surface area contributed by atoms with Crippen LogP contribution in [0.15, 0.2) is 42.5 Å². The maximum absolute atomic E-state index is 10.5. The zero-order valence-corrected chi connectivity index (χ0v) is 12.4. The van der Waals surface area contributed by atoms with E-state index < -0.39 is 0 Å². The number of benzene rings is 2. The van der Waals surface area contributed by atoms with Crippen LogP contribution in [0.3, 0.4) is 0 Å². The molecule has 1 aliphatic rings. The van der Waals surface area contributed by atoms with Crippen molar-refractivity contribution in [3.05, 3.63) is 59.2 Å². The summed E-state index contributed by atoms with van der Waals surface area (Å²) in [6, 6.07) is 14.1. The summed E-state index contributed by atoms with van der Waals surface area (Å²) < 4.78 is 10.6. The van der Waals surface area contributed by atoms with Gasteiger partial charge < -0.3 is 14.6 Å². The van der Waals surface area contributed by atoms with E-state index in [1.165, 1.54) is 5.56 Å². The lowest BCUT2D eigenvalue weighted by atomic mass is 9.94. The van der Waals surface area contributed by atoms with Gasteiger partial charge in [0.15, 0.2) is 11.5 Å². The van der Waals surface area contributed by atoms with Crippen molar-refractivity contribution in [2.45, 2.75) is 18.9 Å². The average molecular weight is 284 g/mol. The van der Waals surface area contributed by atoms with Gasteiger partial charge in [-0.3, -0.25) is 0 Å². The number of aliphatic hydroxyl groups excluding tert-OH is 1. The van der Waals surface area contributed by atoms with Gasteiger partial charge in [0.2, 0.25) is 0 Å². The minimum atomic E-state index is -0.380. The molecule has 0 saturated carbocycles. The van der Waals surface area contributed by atoms with Crippen LogP contribution in [0, 0.1) is 5.92 Å². The third-order valence-corrected chi connectivity index (χ3v) is 4.25. The Kier molecular flexibility index (Phi) is 3.84. The Labute approximate surface area is 125 Å². The van der Waals surface area contributed by atoms with Gasteiger partial charge >= 0.3 is 0 Å². The lowest BCUT2D eigenvalue weighted by molar-refractivity contribution is 0.123. The third kappa shape index (κ3) is 2.61. The molecule has 2 aromatic rings. The summed E-state index contributed by atoms with van der Waals surface area (Å²) in [5.41, 5.74) is 3.49. The second-order valence-electron chi connectivity index (χ2n) is 5.50. The first-order valence-electron chi connectivity index (χ1n) is 7.19. The van der Waals surface area contributed by atoms with Crippen LogP contribution in [0.4, 0.5) is 0 Å². The summed E-state index contributed by atoms with van der Waals surface area (Å²) in [5, 5.41) is 10.5. The highest BCUT2D eigenvalue weighted by atomic mass is 16.5. The van der Waals surface area contributed by atoms with Crippen molar-refractivity contribution >= 4 is 0 Å². The average Bonchev–Trinajstić information content (AvgIpc) is 2.84. The predicted octanol–water partition coefficient (Wildman–Crippen LogP) is 3.15. The molecule has 3 rings (SSSR count). The van der Waals surface area contributed by atoms with E-state index in [1.54, 1.807) is 14.2 Å². The SMILES string of the molecule is COc1ccc(CC2Cc3ccccc3C2O)cc1OC. The molecule has 0 radical (unpaired) electrons. The van der Waals surface area contributed by atoms with Crippen molar-refractivity contribution in [1.82, 2.24) is 0 Å². The highest BCUT2D eigenvalue weighted by Crippen LogP contribution is 2.38. The van der Waals surface area contributed by atoms with E-state index >= 15 is 0 Å². The molecule has 0 bridgehead atoms. The monoisotopic (exact) mass is 284 g/mol. The number of hydrogen-bond donors (Lipinski definition) is 1. The maximum atomic E-state index is 10.5. The number of aliphatic hydroxyl groups is 1. The van der Waals surface area contributed by atoms with Gasteiger partial charge in [-0.1, -0.05) is 30.3 Å². The van der Waals surface area contributed by atoms with Crippen molar-refractivity contribution in [2.75, 3.05) is 14.2 Å². The molecule has 1 N–H and O–H groups in total. The molecule has 21 heavy (non-hydrogen) atoms. The molecule has 0 amide bonds. The van der Waals surface area contributed by atoms with Gasteiger partial charge in [0.1, 0.15) is 0 Å². The topological polar surface area (TPSA) is 38.7 Å². The van der Waals surface area contributed by atoms with Gasteiger partial charge in [-0.2, -0.15) is 0 Å². The summed E-state index contributed by atoms with van der Waals surface area (Å²) >= 11 is 0. The molecule has 110 valence electrons. The Bertz CT molecular complexity index is 636. The minimum Gasteiger partial charge on any atom is -0.493 e. The summed E-state index contributed by atoms with van der Waals surface area (Å²) in [6.07, 6.45) is 1.37. The second-order valence-corrected chi connectivity index (χ2v) is 5.50. The van der Waals surface area contributed by atoms with Crippen LogP contribution in [0.1, 0.15) is 22.8 Å². The molecular formula is C18H20O3. The van der Waals surface area contributed by atoms with Gasteiger partial charge in [0.25, 0.3) is 0 Å². The molecule has 0 heterocycles. The van der Waals surface area contributed by atoms with Gasteiger partial charge in [0, 0.05) is 0 Å². The van der Waals surface area contributed by atoms with Gasteiger partial charge in [0.05, 0.1) is 20.3 Å². The highest BCUT2D eigenvalue weighted by Gasteiger charge is 2.30. The molecule has 0 saturated heterocycles. The van der Waals surface area contributed by atoms with Gasteiger partial charge in [-0.15, -0.1) is 0 Å². The van der Waals surface area contributed by atoms with E-state index in [2.05, 4.69) is 6.07 Å². The maximum Gasteiger partial charge on any atom is 0.160 e. The van der Waals surface area contributed by atoms with Crippen molar-refractivity contribution in [1.29, 1.82) is 0 Å². The van der Waals surface area contributed by atoms with Crippen LogP contribution in [0.5, 0.6) is 11.5 Å². The highest BCUT2D eigenvalue weighted by molar-refractivity contribution is 5.43. The molecule has 0 spiro atoms. The molecule has 0 fully saturated rings. The van der Waals surface area contributed by atoms with Crippen molar-refractivity contribution in [2.24, 2.45) is 5.92 Å². The molecule has 3 nitrogen and oxygen atoms in total. The van der Waals surface area contributed by atoms with Crippen molar-refractivity contribution in [3.8, 4) is 11.5 Å². The zero-order valence-electron chi connectivity index (χ0n) is 12.4. The van der Waals surface area contributed by atoms with E-state index in [1.807, 2.05) is 36.4 Å². The fraction of sp³-hybridized carbons (Fsp3) is 0.333. The summed E-state index contributed by atoms with van der Waals surface area (Å²) in [5.74, 6) is 1.69. The Morgan fingerprint density at radius 2 is 1.81 bits per heavy atom. The fourth-order valence-corrected chi connectivity index (χ4v) is 3.15. The summed E-state index contributed by atoms with van der Waals surface area (Å²) in [7, 11) is 3.27. The third-order valence-electron chi connectivity index (χ3n) is 4.25. The van der Waals surface area contributed by atoms with E-state index in [0.717, 1.165) is 35.5 Å². The van der Waals surface area contributed by atoms with Crippen molar-refractivity contribution < 1.29 is 14.6 Å². The zero-order chi connectivity index (χ0) is 14.8. The van der Waals surface area contributed by atoms with Crippen LogP contribution >= 0.6 is 0 Å². The largest absolute Gasteiger partial charge is 0.493 e. The first-order chi connectivity index (χ1) is 10.2. The Hall–Kier alpha value is -2.00. The molecule has 1 aliphatic carbocycles. The normalized spacial score (nSPS) is 20.1. The summed E-state index contributed by atoms with van der Waals surface area (Å²) in [6.45, 7) is 0. The van der Waals surface area contributed by atoms with Gasteiger partial charge in [-0.05, 0) is 47.6 Å². The molecule has 2 unspecified atom stereocenters. The first-order valence-corrected chi connectivity index (χ1v) is 7.19.